The van der Waals surface area contributed by atoms with Gasteiger partial charge in [0.2, 0.25) is 0 Å². The van der Waals surface area contributed by atoms with Crippen LogP contribution in [0.4, 0.5) is 4.79 Å². The second-order valence-corrected chi connectivity index (χ2v) is 2.52. The molecule has 1 aliphatic heterocycles. The van der Waals surface area contributed by atoms with Crippen molar-refractivity contribution in [3.63, 3.8) is 0 Å². The molecule has 0 atom stereocenters. The lowest BCUT2D eigenvalue weighted by Crippen LogP contribution is -2.35. The number of amides is 1. The molecule has 5 heteroatoms. The predicted molar refractivity (Wildman–Crippen MR) is 52.3 cm³/mol. The summed E-state index contributed by atoms with van der Waals surface area (Å²) in [6.45, 7) is 1.74. The van der Waals surface area contributed by atoms with Crippen molar-refractivity contribution in [2.75, 3.05) is 20.2 Å². The topological polar surface area (TPSA) is 29.5 Å². The van der Waals surface area contributed by atoms with E-state index in [1.165, 1.54) is 13.5 Å². The summed E-state index contributed by atoms with van der Waals surface area (Å²) in [4.78, 5) is 12.6. The molecule has 0 spiro atoms. The summed E-state index contributed by atoms with van der Waals surface area (Å²) in [6, 6.07) is 0. The molecule has 0 radical (unpaired) electrons. The van der Waals surface area contributed by atoms with Crippen LogP contribution in [0.2, 0.25) is 0 Å². The molecule has 1 rings (SSSR count). The Morgan fingerprint density at radius 3 is 2.08 bits per heavy atom. The molecule has 12 heavy (non-hydrogen) atoms. The van der Waals surface area contributed by atoms with E-state index in [0.717, 1.165) is 25.9 Å². The average Bonchev–Trinajstić information content (AvgIpc) is 2.05. The zero-order chi connectivity index (χ0) is 7.40. The first-order chi connectivity index (χ1) is 4.84. The van der Waals surface area contributed by atoms with Crippen molar-refractivity contribution in [2.45, 2.75) is 19.3 Å². The van der Waals surface area contributed by atoms with Gasteiger partial charge >= 0.3 is 6.09 Å². The van der Waals surface area contributed by atoms with Crippen LogP contribution in [0.3, 0.4) is 0 Å². The summed E-state index contributed by atoms with van der Waals surface area (Å²) in [5, 5.41) is 0. The molecule has 3 nitrogen and oxygen atoms in total. The minimum absolute atomic E-state index is 0. The van der Waals surface area contributed by atoms with Crippen LogP contribution in [0.1, 0.15) is 19.3 Å². The highest BCUT2D eigenvalue weighted by Gasteiger charge is 2.15. The van der Waals surface area contributed by atoms with Gasteiger partial charge in [-0.15, -0.1) is 24.8 Å². The lowest BCUT2D eigenvalue weighted by molar-refractivity contribution is 0.115. The van der Waals surface area contributed by atoms with Crippen LogP contribution in [0.15, 0.2) is 0 Å². The van der Waals surface area contributed by atoms with Crippen molar-refractivity contribution in [1.29, 1.82) is 0 Å². The van der Waals surface area contributed by atoms with E-state index in [2.05, 4.69) is 4.74 Å². The number of methoxy groups -OCH3 is 1. The van der Waals surface area contributed by atoms with Crippen molar-refractivity contribution in [3.8, 4) is 0 Å². The molecule has 0 N–H and O–H groups in total. The van der Waals surface area contributed by atoms with E-state index in [0.29, 0.717) is 0 Å². The number of hydrogen-bond donors (Lipinski definition) is 0. The third kappa shape index (κ3) is 4.02. The highest BCUT2D eigenvalue weighted by Crippen LogP contribution is 2.08. The summed E-state index contributed by atoms with van der Waals surface area (Å²) in [5.74, 6) is 0. The average molecular weight is 216 g/mol. The van der Waals surface area contributed by atoms with Crippen molar-refractivity contribution >= 4 is 30.9 Å². The molecule has 0 aliphatic carbocycles. The van der Waals surface area contributed by atoms with Gasteiger partial charge in [0.15, 0.2) is 0 Å². The molecule has 1 fully saturated rings. The predicted octanol–water partition coefficient (Wildman–Crippen LogP) is 2.08. The van der Waals surface area contributed by atoms with Crippen LogP contribution >= 0.6 is 24.8 Å². The molecule has 1 aliphatic rings. The highest BCUT2D eigenvalue weighted by molar-refractivity contribution is 5.85. The molecule has 1 amide bonds. The van der Waals surface area contributed by atoms with Gasteiger partial charge in [-0.3, -0.25) is 0 Å². The van der Waals surface area contributed by atoms with Crippen molar-refractivity contribution in [2.24, 2.45) is 0 Å². The Labute approximate surface area is 85.3 Å². The second-order valence-electron chi connectivity index (χ2n) is 2.52. The second kappa shape index (κ2) is 7.50. The van der Waals surface area contributed by atoms with Crippen LogP contribution < -0.4 is 0 Å². The van der Waals surface area contributed by atoms with Gasteiger partial charge in [-0.25, -0.2) is 4.79 Å². The Hall–Kier alpha value is -0.150. The maximum atomic E-state index is 10.9. The number of likely N-dealkylation sites (tertiary alicyclic amines) is 1. The minimum atomic E-state index is -0.181. The molecule has 0 aromatic heterocycles. The van der Waals surface area contributed by atoms with E-state index in [4.69, 9.17) is 0 Å². The first-order valence-electron chi connectivity index (χ1n) is 3.67. The van der Waals surface area contributed by atoms with Crippen molar-refractivity contribution in [1.82, 2.24) is 4.90 Å². The molecular weight excluding hydrogens is 201 g/mol. The van der Waals surface area contributed by atoms with E-state index in [9.17, 15) is 4.79 Å². The molecule has 0 aromatic rings. The lowest BCUT2D eigenvalue weighted by Gasteiger charge is -2.24. The van der Waals surface area contributed by atoms with E-state index in [-0.39, 0.29) is 30.9 Å². The molecule has 0 saturated carbocycles. The van der Waals surface area contributed by atoms with E-state index < -0.39 is 0 Å². The van der Waals surface area contributed by atoms with Crippen molar-refractivity contribution in [3.05, 3.63) is 0 Å². The third-order valence-corrected chi connectivity index (χ3v) is 1.79. The number of halogens is 2. The highest BCUT2D eigenvalue weighted by atomic mass is 35.5. The Morgan fingerprint density at radius 1 is 1.17 bits per heavy atom. The maximum absolute atomic E-state index is 10.9. The first kappa shape index (κ1) is 14.4. The number of carbonyl (C=O) groups is 1. The van der Waals surface area contributed by atoms with Gasteiger partial charge in [-0.1, -0.05) is 0 Å². The van der Waals surface area contributed by atoms with E-state index in [1.54, 1.807) is 4.90 Å². The number of hydrogen-bond acceptors (Lipinski definition) is 2. The van der Waals surface area contributed by atoms with E-state index >= 15 is 0 Å². The standard InChI is InChI=1S/C7H13NO2.2ClH/c1-10-7(9)8-5-3-2-4-6-8;;/h2-6H2,1H3;2*1H. The van der Waals surface area contributed by atoms with Crippen LogP contribution in [0.5, 0.6) is 0 Å². The quantitative estimate of drug-likeness (QED) is 0.620. The molecule has 0 unspecified atom stereocenters. The minimum Gasteiger partial charge on any atom is -0.453 e. The first-order valence-corrected chi connectivity index (χ1v) is 3.67. The monoisotopic (exact) mass is 215 g/mol. The van der Waals surface area contributed by atoms with Gasteiger partial charge in [-0.05, 0) is 19.3 Å². The van der Waals surface area contributed by atoms with Crippen LogP contribution in [-0.2, 0) is 4.74 Å². The van der Waals surface area contributed by atoms with Crippen molar-refractivity contribution < 1.29 is 9.53 Å². The maximum Gasteiger partial charge on any atom is 0.409 e. The van der Waals surface area contributed by atoms with E-state index in [1.807, 2.05) is 0 Å². The smallest absolute Gasteiger partial charge is 0.409 e. The molecule has 0 aromatic carbocycles. The summed E-state index contributed by atoms with van der Waals surface area (Å²) in [6.07, 6.45) is 3.30. The SMILES string of the molecule is COC(=O)N1CCCCC1.Cl.Cl. The Morgan fingerprint density at radius 2 is 1.67 bits per heavy atom. The summed E-state index contributed by atoms with van der Waals surface area (Å²) in [7, 11) is 1.43. The number of carbonyl (C=O) groups excluding carboxylic acids is 1. The molecule has 74 valence electrons. The number of ether oxygens (including phenoxy) is 1. The van der Waals surface area contributed by atoms with Crippen LogP contribution in [0.25, 0.3) is 0 Å². The number of piperidine rings is 1. The Bertz CT molecular complexity index is 127. The fraction of sp³-hybridized carbons (Fsp3) is 0.857. The molecule has 1 heterocycles. The summed E-state index contributed by atoms with van der Waals surface area (Å²) in [5.41, 5.74) is 0. The lowest BCUT2D eigenvalue weighted by atomic mass is 10.1. The summed E-state index contributed by atoms with van der Waals surface area (Å²) >= 11 is 0. The zero-order valence-electron chi connectivity index (χ0n) is 7.12. The van der Waals surface area contributed by atoms with Gasteiger partial charge in [0, 0.05) is 13.1 Å². The molecular formula is C7H15Cl2NO2. The van der Waals surface area contributed by atoms with Gasteiger partial charge in [0.1, 0.15) is 0 Å². The van der Waals surface area contributed by atoms with Crippen LogP contribution in [0, 0.1) is 0 Å². The zero-order valence-corrected chi connectivity index (χ0v) is 8.75. The number of nitrogens with zero attached hydrogens (tertiary/aromatic N) is 1. The van der Waals surface area contributed by atoms with Gasteiger partial charge in [0.05, 0.1) is 7.11 Å². The molecule has 1 saturated heterocycles. The normalized spacial score (nSPS) is 15.6. The van der Waals surface area contributed by atoms with Crippen LogP contribution in [-0.4, -0.2) is 31.2 Å². The Kier molecular flexibility index (Phi) is 8.98. The summed E-state index contributed by atoms with van der Waals surface area (Å²) < 4.78 is 4.58. The number of rotatable bonds is 0. The third-order valence-electron chi connectivity index (χ3n) is 1.79. The fourth-order valence-electron chi connectivity index (χ4n) is 1.21. The van der Waals surface area contributed by atoms with Gasteiger partial charge < -0.3 is 9.64 Å². The Balaban J connectivity index is 0. The van der Waals surface area contributed by atoms with Gasteiger partial charge in [0.25, 0.3) is 0 Å². The molecule has 0 bridgehead atoms. The van der Waals surface area contributed by atoms with Gasteiger partial charge in [-0.2, -0.15) is 0 Å². The fourth-order valence-corrected chi connectivity index (χ4v) is 1.21. The largest absolute Gasteiger partial charge is 0.453 e.